The Bertz CT molecular complexity index is 1040. The summed E-state index contributed by atoms with van der Waals surface area (Å²) in [5.41, 5.74) is 0.316. The van der Waals surface area contributed by atoms with Crippen LogP contribution in [-0.4, -0.2) is 62.3 Å². The predicted octanol–water partition coefficient (Wildman–Crippen LogP) is 3.25. The number of thioether (sulfide) groups is 1. The first-order valence-corrected chi connectivity index (χ1v) is 10.3. The molecule has 0 bridgehead atoms. The third-order valence-corrected chi connectivity index (χ3v) is 5.72. The fourth-order valence-corrected chi connectivity index (χ4v) is 4.04. The van der Waals surface area contributed by atoms with E-state index in [-0.39, 0.29) is 5.91 Å². The van der Waals surface area contributed by atoms with Gasteiger partial charge in [0.1, 0.15) is 23.8 Å². The summed E-state index contributed by atoms with van der Waals surface area (Å²) < 4.78 is 27.5. The Morgan fingerprint density at radius 1 is 1.07 bits per heavy atom. The first-order chi connectivity index (χ1) is 14.5. The molecule has 1 aliphatic rings. The molecule has 156 valence electrons. The van der Waals surface area contributed by atoms with Crippen molar-refractivity contribution < 1.29 is 13.6 Å². The average molecular weight is 430 g/mol. The van der Waals surface area contributed by atoms with Gasteiger partial charge in [0.15, 0.2) is 0 Å². The third kappa shape index (κ3) is 4.28. The Hall–Kier alpha value is -3.01. The highest BCUT2D eigenvalue weighted by atomic mass is 32.2. The van der Waals surface area contributed by atoms with Crippen molar-refractivity contribution in [3.63, 3.8) is 0 Å². The van der Waals surface area contributed by atoms with E-state index >= 15 is 0 Å². The number of carbonyl (C=O) groups is 1. The molecule has 4 rings (SSSR count). The minimum Gasteiger partial charge on any atom is -0.353 e. The molecule has 1 aromatic carbocycles. The number of halogens is 2. The van der Waals surface area contributed by atoms with Gasteiger partial charge in [-0.25, -0.2) is 15.0 Å². The predicted molar refractivity (Wildman–Crippen MR) is 110 cm³/mol. The molecule has 0 aliphatic carbocycles. The summed E-state index contributed by atoms with van der Waals surface area (Å²) in [6, 6.07) is 8.40. The zero-order valence-corrected chi connectivity index (χ0v) is 17.1. The number of imidazole rings is 1. The minimum atomic E-state index is -2.57. The van der Waals surface area contributed by atoms with Gasteiger partial charge in [-0.3, -0.25) is 9.36 Å². The van der Waals surface area contributed by atoms with Crippen molar-refractivity contribution in [3.8, 4) is 5.82 Å². The molecule has 2 aromatic heterocycles. The molecule has 0 atom stereocenters. The van der Waals surface area contributed by atoms with E-state index in [1.807, 2.05) is 23.8 Å². The van der Waals surface area contributed by atoms with Crippen LogP contribution in [0.3, 0.4) is 0 Å². The van der Waals surface area contributed by atoms with E-state index in [1.165, 1.54) is 6.33 Å². The van der Waals surface area contributed by atoms with Crippen molar-refractivity contribution in [2.75, 3.05) is 31.1 Å². The van der Waals surface area contributed by atoms with Gasteiger partial charge in [0, 0.05) is 49.5 Å². The lowest BCUT2D eigenvalue weighted by Gasteiger charge is -2.35. The zero-order valence-electron chi connectivity index (χ0n) is 16.3. The summed E-state index contributed by atoms with van der Waals surface area (Å²) in [6.45, 7) is 4.05. The van der Waals surface area contributed by atoms with E-state index in [2.05, 4.69) is 19.9 Å². The Labute approximate surface area is 176 Å². The molecule has 1 saturated heterocycles. The molecular weight excluding hydrogens is 410 g/mol. The van der Waals surface area contributed by atoms with E-state index in [0.29, 0.717) is 48.4 Å². The fourth-order valence-electron chi connectivity index (χ4n) is 3.41. The maximum atomic E-state index is 12.9. The summed E-state index contributed by atoms with van der Waals surface area (Å²) in [5.74, 6) is -0.464. The molecule has 1 amide bonds. The Kier molecular flexibility index (Phi) is 5.93. The van der Waals surface area contributed by atoms with Crippen LogP contribution < -0.4 is 4.90 Å². The molecule has 1 aliphatic heterocycles. The van der Waals surface area contributed by atoms with E-state index in [9.17, 15) is 13.6 Å². The molecule has 0 saturated carbocycles. The number of anilines is 1. The van der Waals surface area contributed by atoms with Crippen LogP contribution in [0, 0.1) is 6.92 Å². The number of benzene rings is 1. The third-order valence-electron chi connectivity index (χ3n) is 4.94. The number of amides is 1. The van der Waals surface area contributed by atoms with Crippen LogP contribution in [-0.2, 0) is 0 Å². The van der Waals surface area contributed by atoms with Crippen molar-refractivity contribution in [1.82, 2.24) is 24.4 Å². The molecule has 3 aromatic rings. The molecule has 0 radical (unpaired) electrons. The van der Waals surface area contributed by atoms with Crippen LogP contribution >= 0.6 is 11.8 Å². The van der Waals surface area contributed by atoms with Crippen molar-refractivity contribution in [2.45, 2.75) is 17.6 Å². The van der Waals surface area contributed by atoms with Crippen LogP contribution in [0.15, 0.2) is 53.9 Å². The number of rotatable bonds is 5. The second-order valence-corrected chi connectivity index (χ2v) is 7.76. The van der Waals surface area contributed by atoms with Gasteiger partial charge in [-0.15, -0.1) is 0 Å². The lowest BCUT2D eigenvalue weighted by atomic mass is 10.2. The molecule has 30 heavy (non-hydrogen) atoms. The highest BCUT2D eigenvalue weighted by molar-refractivity contribution is 7.99. The highest BCUT2D eigenvalue weighted by Crippen LogP contribution is 2.29. The molecule has 0 N–H and O–H groups in total. The van der Waals surface area contributed by atoms with Gasteiger partial charge < -0.3 is 9.80 Å². The van der Waals surface area contributed by atoms with E-state index in [1.54, 1.807) is 35.4 Å². The quantitative estimate of drug-likeness (QED) is 0.579. The van der Waals surface area contributed by atoms with Gasteiger partial charge in [-0.2, -0.15) is 8.78 Å². The van der Waals surface area contributed by atoms with E-state index in [4.69, 9.17) is 0 Å². The van der Waals surface area contributed by atoms with E-state index < -0.39 is 5.76 Å². The first-order valence-electron chi connectivity index (χ1n) is 9.43. The first kappa shape index (κ1) is 20.3. The van der Waals surface area contributed by atoms with Crippen LogP contribution in [0.1, 0.15) is 16.2 Å². The number of alkyl halides is 2. The molecular formula is C20H20F2N6OS. The molecule has 0 unspecified atom stereocenters. The summed E-state index contributed by atoms with van der Waals surface area (Å²) in [4.78, 5) is 29.9. The Balaban J connectivity index is 1.45. The van der Waals surface area contributed by atoms with Gasteiger partial charge >= 0.3 is 0 Å². The molecule has 3 heterocycles. The Morgan fingerprint density at radius 2 is 1.80 bits per heavy atom. The number of nitrogens with zero attached hydrogens (tertiary/aromatic N) is 6. The lowest BCUT2D eigenvalue weighted by Crippen LogP contribution is -2.49. The zero-order chi connectivity index (χ0) is 21.1. The smallest absolute Gasteiger partial charge is 0.288 e. The van der Waals surface area contributed by atoms with Crippen molar-refractivity contribution in [2.24, 2.45) is 0 Å². The second kappa shape index (κ2) is 8.78. The van der Waals surface area contributed by atoms with Gasteiger partial charge in [-0.1, -0.05) is 23.9 Å². The summed E-state index contributed by atoms with van der Waals surface area (Å²) in [6.07, 6.45) is 5.07. The summed E-state index contributed by atoms with van der Waals surface area (Å²) in [5, 5.41) is 0. The topological polar surface area (TPSA) is 67.2 Å². The van der Waals surface area contributed by atoms with Gasteiger partial charge in [0.25, 0.3) is 11.7 Å². The van der Waals surface area contributed by atoms with Crippen LogP contribution in [0.25, 0.3) is 5.82 Å². The molecule has 10 heteroatoms. The Morgan fingerprint density at radius 3 is 2.50 bits per heavy atom. The number of hydrogen-bond donors (Lipinski definition) is 0. The summed E-state index contributed by atoms with van der Waals surface area (Å²) >= 11 is 0.401. The van der Waals surface area contributed by atoms with Crippen LogP contribution in [0.5, 0.6) is 0 Å². The van der Waals surface area contributed by atoms with Gasteiger partial charge in [0.05, 0.1) is 5.56 Å². The standard InChI is InChI=1S/C20H20F2N6OS/c1-14-23-6-7-28(14)18-12-17(24-13-25-18)26-8-10-27(11-9-26)19(29)15-4-2-3-5-16(15)30-20(21)22/h2-7,12-13,20H,8-11H2,1H3. The molecule has 7 nitrogen and oxygen atoms in total. The molecule has 0 spiro atoms. The average Bonchev–Trinajstić information content (AvgIpc) is 3.19. The lowest BCUT2D eigenvalue weighted by molar-refractivity contribution is 0.0743. The minimum absolute atomic E-state index is 0.226. The largest absolute Gasteiger partial charge is 0.353 e. The summed E-state index contributed by atoms with van der Waals surface area (Å²) in [7, 11) is 0. The monoisotopic (exact) mass is 430 g/mol. The van der Waals surface area contributed by atoms with Gasteiger partial charge in [0.2, 0.25) is 0 Å². The fraction of sp³-hybridized carbons (Fsp3) is 0.300. The number of piperazine rings is 1. The second-order valence-electron chi connectivity index (χ2n) is 6.73. The van der Waals surface area contributed by atoms with Crippen LogP contribution in [0.2, 0.25) is 0 Å². The normalized spacial score (nSPS) is 14.4. The maximum absolute atomic E-state index is 12.9. The number of carbonyl (C=O) groups excluding carboxylic acids is 1. The number of aryl methyl sites for hydroxylation is 1. The highest BCUT2D eigenvalue weighted by Gasteiger charge is 2.25. The SMILES string of the molecule is Cc1nccn1-c1cc(N2CCN(C(=O)c3ccccc3SC(F)F)CC2)ncn1. The van der Waals surface area contributed by atoms with Crippen LogP contribution in [0.4, 0.5) is 14.6 Å². The molecule has 1 fully saturated rings. The maximum Gasteiger partial charge on any atom is 0.288 e. The van der Waals surface area contributed by atoms with Crippen molar-refractivity contribution in [3.05, 3.63) is 60.4 Å². The van der Waals surface area contributed by atoms with E-state index in [0.717, 1.165) is 17.5 Å². The van der Waals surface area contributed by atoms with Crippen molar-refractivity contribution in [1.29, 1.82) is 0 Å². The van der Waals surface area contributed by atoms with Crippen molar-refractivity contribution >= 4 is 23.5 Å². The number of hydrogen-bond acceptors (Lipinski definition) is 6. The van der Waals surface area contributed by atoms with Gasteiger partial charge in [-0.05, 0) is 19.1 Å². The number of aromatic nitrogens is 4.